The molecule has 0 aliphatic heterocycles. The first-order valence-corrected chi connectivity index (χ1v) is 10.7. The van der Waals surface area contributed by atoms with Crippen LogP contribution in [0.1, 0.15) is 34.5 Å². The van der Waals surface area contributed by atoms with Gasteiger partial charge < -0.3 is 5.32 Å². The Morgan fingerprint density at radius 1 is 0.941 bits per heavy atom. The van der Waals surface area contributed by atoms with Gasteiger partial charge in [-0.15, -0.1) is 0 Å². The van der Waals surface area contributed by atoms with Crippen LogP contribution in [0.25, 0.3) is 32.8 Å². The summed E-state index contributed by atoms with van der Waals surface area (Å²) in [4.78, 5) is 13.0. The number of hydrogen-bond donors (Lipinski definition) is 2. The quantitative estimate of drug-likeness (QED) is 0.307. The van der Waals surface area contributed by atoms with Crippen LogP contribution in [-0.2, 0) is 6.18 Å². The lowest BCUT2D eigenvalue weighted by molar-refractivity contribution is -0.137. The van der Waals surface area contributed by atoms with E-state index in [1.54, 1.807) is 18.3 Å². The number of hydrogen-bond acceptors (Lipinski definition) is 2. The predicted molar refractivity (Wildman–Crippen MR) is 126 cm³/mol. The van der Waals surface area contributed by atoms with Crippen molar-refractivity contribution in [3.63, 3.8) is 0 Å². The second kappa shape index (κ2) is 8.33. The SMILES string of the molecule is C[C@H](NC(=O)c1ccc2c(-c3ccc(C(F)(F)F)cc3)cccc2c1)c1cccc2cn[nH]c12. The van der Waals surface area contributed by atoms with E-state index in [4.69, 9.17) is 0 Å². The van der Waals surface area contributed by atoms with E-state index in [-0.39, 0.29) is 11.9 Å². The maximum atomic E-state index is 13.0. The molecule has 2 N–H and O–H groups in total. The Morgan fingerprint density at radius 3 is 2.44 bits per heavy atom. The highest BCUT2D eigenvalue weighted by atomic mass is 19.4. The molecule has 7 heteroatoms. The van der Waals surface area contributed by atoms with Crippen LogP contribution in [0, 0.1) is 0 Å². The second-order valence-corrected chi connectivity index (χ2v) is 8.19. The third-order valence-electron chi connectivity index (χ3n) is 5.99. The van der Waals surface area contributed by atoms with E-state index in [1.807, 2.05) is 49.4 Å². The van der Waals surface area contributed by atoms with Crippen molar-refractivity contribution in [3.8, 4) is 11.1 Å². The van der Waals surface area contributed by atoms with E-state index in [2.05, 4.69) is 15.5 Å². The minimum Gasteiger partial charge on any atom is -0.345 e. The summed E-state index contributed by atoms with van der Waals surface area (Å²) in [7, 11) is 0. The molecule has 170 valence electrons. The van der Waals surface area contributed by atoms with Gasteiger partial charge in [-0.3, -0.25) is 9.89 Å². The Bertz CT molecular complexity index is 1500. The van der Waals surface area contributed by atoms with Crippen molar-refractivity contribution < 1.29 is 18.0 Å². The number of nitrogens with zero attached hydrogens (tertiary/aromatic N) is 1. The number of benzene rings is 4. The Morgan fingerprint density at radius 2 is 1.68 bits per heavy atom. The van der Waals surface area contributed by atoms with Crippen molar-refractivity contribution in [2.45, 2.75) is 19.1 Å². The van der Waals surface area contributed by atoms with Gasteiger partial charge >= 0.3 is 6.18 Å². The molecule has 34 heavy (non-hydrogen) atoms. The molecule has 0 bridgehead atoms. The van der Waals surface area contributed by atoms with E-state index in [9.17, 15) is 18.0 Å². The summed E-state index contributed by atoms with van der Waals surface area (Å²) < 4.78 is 38.7. The van der Waals surface area contributed by atoms with Gasteiger partial charge in [-0.2, -0.15) is 18.3 Å². The lowest BCUT2D eigenvalue weighted by atomic mass is 9.96. The fourth-order valence-electron chi connectivity index (χ4n) is 4.23. The molecule has 0 saturated carbocycles. The first-order chi connectivity index (χ1) is 16.3. The molecule has 1 amide bonds. The van der Waals surface area contributed by atoms with Gasteiger partial charge in [0.05, 0.1) is 23.3 Å². The maximum absolute atomic E-state index is 13.0. The number of halogens is 3. The summed E-state index contributed by atoms with van der Waals surface area (Å²) in [5.74, 6) is -0.217. The molecule has 0 spiro atoms. The Labute approximate surface area is 193 Å². The molecule has 4 aromatic carbocycles. The average Bonchev–Trinajstić information content (AvgIpc) is 3.32. The first kappa shape index (κ1) is 21.7. The number of para-hydroxylation sites is 1. The number of H-pyrrole nitrogens is 1. The number of fused-ring (bicyclic) bond motifs is 2. The predicted octanol–water partition coefficient (Wildman–Crippen LogP) is 6.89. The molecule has 5 rings (SSSR count). The number of nitrogens with one attached hydrogen (secondary N) is 2. The standard InChI is InChI=1S/C27H20F3N3O/c1-16(22-6-3-5-20-15-31-33-25(20)22)32-26(34)19-10-13-24-18(14-19)4-2-7-23(24)17-8-11-21(12-9-17)27(28,29)30/h2-16H,1H3,(H,31,33)(H,32,34)/t16-/m0/s1. The highest BCUT2D eigenvalue weighted by Gasteiger charge is 2.30. The fraction of sp³-hybridized carbons (Fsp3) is 0.111. The van der Waals surface area contributed by atoms with Crippen molar-refractivity contribution in [2.75, 3.05) is 0 Å². The summed E-state index contributed by atoms with van der Waals surface area (Å²) in [6.07, 6.45) is -2.63. The van der Waals surface area contributed by atoms with E-state index in [1.165, 1.54) is 12.1 Å². The van der Waals surface area contributed by atoms with Crippen LogP contribution in [0.4, 0.5) is 13.2 Å². The largest absolute Gasteiger partial charge is 0.416 e. The van der Waals surface area contributed by atoms with Gasteiger partial charge in [-0.1, -0.05) is 54.6 Å². The molecule has 0 saturated heterocycles. The van der Waals surface area contributed by atoms with Crippen molar-refractivity contribution in [3.05, 3.63) is 102 Å². The van der Waals surface area contributed by atoms with Crippen molar-refractivity contribution >= 4 is 27.6 Å². The van der Waals surface area contributed by atoms with Gasteiger partial charge in [0.25, 0.3) is 5.91 Å². The zero-order chi connectivity index (χ0) is 23.9. The molecule has 1 heterocycles. The molecule has 1 atom stereocenters. The molecule has 0 aliphatic carbocycles. The number of alkyl halides is 3. The Kier molecular flexibility index (Phi) is 5.32. The molecule has 0 radical (unpaired) electrons. The summed E-state index contributed by atoms with van der Waals surface area (Å²) in [5.41, 5.74) is 3.12. The smallest absolute Gasteiger partial charge is 0.345 e. The molecule has 4 nitrogen and oxygen atoms in total. The number of amides is 1. The van der Waals surface area contributed by atoms with Crippen LogP contribution < -0.4 is 5.32 Å². The third-order valence-corrected chi connectivity index (χ3v) is 5.99. The number of aromatic amines is 1. The molecule has 0 aliphatic rings. The van der Waals surface area contributed by atoms with Crippen molar-refractivity contribution in [2.24, 2.45) is 0 Å². The maximum Gasteiger partial charge on any atom is 0.416 e. The van der Waals surface area contributed by atoms with Crippen molar-refractivity contribution in [1.29, 1.82) is 0 Å². The van der Waals surface area contributed by atoms with Crippen LogP contribution in [0.15, 0.2) is 85.1 Å². The zero-order valence-corrected chi connectivity index (χ0v) is 18.1. The van der Waals surface area contributed by atoms with Gasteiger partial charge in [0.2, 0.25) is 0 Å². The van der Waals surface area contributed by atoms with E-state index < -0.39 is 11.7 Å². The fourth-order valence-corrected chi connectivity index (χ4v) is 4.23. The highest BCUT2D eigenvalue weighted by molar-refractivity contribution is 6.03. The summed E-state index contributed by atoms with van der Waals surface area (Å²) >= 11 is 0. The van der Waals surface area contributed by atoms with Gasteiger partial charge in [-0.25, -0.2) is 0 Å². The van der Waals surface area contributed by atoms with Gasteiger partial charge in [-0.05, 0) is 58.7 Å². The number of carbonyl (C=O) groups is 1. The first-order valence-electron chi connectivity index (χ1n) is 10.7. The lowest BCUT2D eigenvalue weighted by Crippen LogP contribution is -2.26. The topological polar surface area (TPSA) is 57.8 Å². The van der Waals surface area contributed by atoms with Crippen molar-refractivity contribution in [1.82, 2.24) is 15.5 Å². The van der Waals surface area contributed by atoms with E-state index >= 15 is 0 Å². The molecule has 0 fully saturated rings. The van der Waals surface area contributed by atoms with Gasteiger partial charge in [0.15, 0.2) is 0 Å². The van der Waals surface area contributed by atoms with Crippen LogP contribution >= 0.6 is 0 Å². The monoisotopic (exact) mass is 459 g/mol. The Hall–Kier alpha value is -4.13. The Balaban J connectivity index is 1.42. The highest BCUT2D eigenvalue weighted by Crippen LogP contribution is 2.33. The molecule has 0 unspecified atom stereocenters. The minimum atomic E-state index is -4.38. The average molecular weight is 459 g/mol. The van der Waals surface area contributed by atoms with Gasteiger partial charge in [0, 0.05) is 10.9 Å². The molecule has 5 aromatic rings. The number of carbonyl (C=O) groups excluding carboxylic acids is 1. The number of aromatic nitrogens is 2. The van der Waals surface area contributed by atoms with Crippen LogP contribution in [0.5, 0.6) is 0 Å². The van der Waals surface area contributed by atoms with Crippen LogP contribution in [-0.4, -0.2) is 16.1 Å². The molecular weight excluding hydrogens is 439 g/mol. The van der Waals surface area contributed by atoms with Gasteiger partial charge in [0.1, 0.15) is 0 Å². The second-order valence-electron chi connectivity index (χ2n) is 8.19. The van der Waals surface area contributed by atoms with Crippen LogP contribution in [0.2, 0.25) is 0 Å². The summed E-state index contributed by atoms with van der Waals surface area (Å²) in [6, 6.07) is 21.6. The lowest BCUT2D eigenvalue weighted by Gasteiger charge is -2.16. The summed E-state index contributed by atoms with van der Waals surface area (Å²) in [6.45, 7) is 1.91. The molecular formula is C27H20F3N3O. The van der Waals surface area contributed by atoms with Crippen LogP contribution in [0.3, 0.4) is 0 Å². The van der Waals surface area contributed by atoms with E-state index in [0.717, 1.165) is 44.9 Å². The third kappa shape index (κ3) is 4.01. The summed E-state index contributed by atoms with van der Waals surface area (Å²) in [5, 5.41) is 12.7. The van der Waals surface area contributed by atoms with E-state index in [0.29, 0.717) is 11.1 Å². The molecule has 1 aromatic heterocycles. The minimum absolute atomic E-state index is 0.217. The normalized spacial score (nSPS) is 12.7. The zero-order valence-electron chi connectivity index (χ0n) is 18.1. The number of rotatable bonds is 4.